The molecule has 3 N–H and O–H groups in total. The first-order chi connectivity index (χ1) is 19.5. The Hall–Kier alpha value is -4.38. The maximum atomic E-state index is 13.6. The molecule has 1 saturated heterocycles. The zero-order chi connectivity index (χ0) is 29.5. The van der Waals surface area contributed by atoms with E-state index in [0.717, 1.165) is 25.0 Å². The molecular weight excluding hydrogens is 559 g/mol. The lowest BCUT2D eigenvalue weighted by atomic mass is 10.1. The summed E-state index contributed by atoms with van der Waals surface area (Å²) in [6.45, 7) is 3.05. The molecule has 1 aliphatic rings. The second kappa shape index (κ2) is 10.9. The van der Waals surface area contributed by atoms with Crippen LogP contribution < -0.4 is 11.1 Å². The number of rotatable bonds is 6. The summed E-state index contributed by atoms with van der Waals surface area (Å²) in [7, 11) is 0. The van der Waals surface area contributed by atoms with Gasteiger partial charge in [-0.05, 0) is 61.7 Å². The van der Waals surface area contributed by atoms with Crippen LogP contribution >= 0.6 is 11.6 Å². The molecule has 0 bridgehead atoms. The largest absolute Gasteiger partial charge is 0.417 e. The molecule has 0 radical (unpaired) electrons. The minimum absolute atomic E-state index is 0.0199. The molecule has 0 spiro atoms. The number of carbonyl (C=O) groups is 3. The molecule has 1 aliphatic heterocycles. The monoisotopic (exact) mass is 583 g/mol. The van der Waals surface area contributed by atoms with Crippen LogP contribution in [0.15, 0.2) is 54.6 Å². The average Bonchev–Trinajstić information content (AvgIpc) is 3.58. The number of amides is 3. The first-order valence-corrected chi connectivity index (χ1v) is 13.2. The van der Waals surface area contributed by atoms with E-state index >= 15 is 0 Å². The van der Waals surface area contributed by atoms with E-state index in [1.807, 2.05) is 0 Å². The van der Waals surface area contributed by atoms with Crippen molar-refractivity contribution in [1.82, 2.24) is 14.5 Å². The fourth-order valence-corrected chi connectivity index (χ4v) is 5.22. The van der Waals surface area contributed by atoms with E-state index in [1.165, 1.54) is 24.3 Å². The predicted octanol–water partition coefficient (Wildman–Crippen LogP) is 5.52. The van der Waals surface area contributed by atoms with E-state index in [1.54, 1.807) is 34.6 Å². The molecule has 4 aromatic rings. The van der Waals surface area contributed by atoms with Crippen LogP contribution in [0.1, 0.15) is 50.5 Å². The lowest BCUT2D eigenvalue weighted by molar-refractivity contribution is -0.138. The number of hydrogen-bond donors (Lipinski definition) is 2. The van der Waals surface area contributed by atoms with E-state index in [-0.39, 0.29) is 29.1 Å². The van der Waals surface area contributed by atoms with Gasteiger partial charge in [-0.2, -0.15) is 13.2 Å². The van der Waals surface area contributed by atoms with E-state index in [0.29, 0.717) is 40.7 Å². The molecule has 0 aliphatic carbocycles. The summed E-state index contributed by atoms with van der Waals surface area (Å²) in [5, 5.41) is 2.92. The molecule has 3 aromatic carbocycles. The topological polar surface area (TPSA) is 110 Å². The summed E-state index contributed by atoms with van der Waals surface area (Å²) in [6, 6.07) is 12.3. The van der Waals surface area contributed by atoms with Crippen molar-refractivity contribution in [3.8, 4) is 5.69 Å². The number of alkyl halides is 3. The average molecular weight is 584 g/mol. The van der Waals surface area contributed by atoms with Crippen LogP contribution in [0.2, 0.25) is 5.02 Å². The highest BCUT2D eigenvalue weighted by molar-refractivity contribution is 6.31. The number of anilines is 1. The molecule has 3 amide bonds. The number of nitrogens with zero attached hydrogens (tertiary/aromatic N) is 3. The first kappa shape index (κ1) is 28.2. The molecular formula is C29H25ClF3N5O3. The third kappa shape index (κ3) is 5.49. The molecule has 5 rings (SSSR count). The third-order valence-corrected chi connectivity index (χ3v) is 7.49. The van der Waals surface area contributed by atoms with Crippen LogP contribution in [-0.4, -0.2) is 45.3 Å². The molecule has 2 heterocycles. The Balaban J connectivity index is 1.67. The van der Waals surface area contributed by atoms with Crippen LogP contribution in [0, 0.1) is 6.92 Å². The summed E-state index contributed by atoms with van der Waals surface area (Å²) < 4.78 is 42.3. The van der Waals surface area contributed by atoms with Crippen molar-refractivity contribution in [2.75, 3.05) is 18.4 Å². The fourth-order valence-electron chi connectivity index (χ4n) is 5.05. The number of primary amides is 1. The zero-order valence-corrected chi connectivity index (χ0v) is 22.6. The van der Waals surface area contributed by atoms with Crippen molar-refractivity contribution in [2.24, 2.45) is 5.73 Å². The quantitative estimate of drug-likeness (QED) is 0.311. The Morgan fingerprint density at radius 1 is 1.02 bits per heavy atom. The van der Waals surface area contributed by atoms with Gasteiger partial charge in [0.25, 0.3) is 11.8 Å². The molecule has 8 nitrogen and oxygen atoms in total. The SMILES string of the molecule is Cc1c(Cl)cccc1-n1c(CC(=O)N2CCCC2)nc2c(C(N)=O)cc(NC(=O)c3ccccc3C(F)(F)F)cc21. The Morgan fingerprint density at radius 3 is 2.41 bits per heavy atom. The normalized spacial score (nSPS) is 13.5. The van der Waals surface area contributed by atoms with Crippen molar-refractivity contribution in [3.05, 3.63) is 87.7 Å². The Morgan fingerprint density at radius 2 is 1.73 bits per heavy atom. The van der Waals surface area contributed by atoms with Gasteiger partial charge in [-0.3, -0.25) is 19.0 Å². The van der Waals surface area contributed by atoms with Gasteiger partial charge in [-0.1, -0.05) is 29.8 Å². The highest BCUT2D eigenvalue weighted by Gasteiger charge is 2.35. The first-order valence-electron chi connectivity index (χ1n) is 12.8. The van der Waals surface area contributed by atoms with Gasteiger partial charge in [0.2, 0.25) is 5.91 Å². The summed E-state index contributed by atoms with van der Waals surface area (Å²) in [4.78, 5) is 45.1. The zero-order valence-electron chi connectivity index (χ0n) is 21.9. The molecule has 0 atom stereocenters. The second-order valence-corrected chi connectivity index (χ2v) is 10.2. The third-order valence-electron chi connectivity index (χ3n) is 7.08. The number of nitrogens with two attached hydrogens (primary N) is 1. The minimum Gasteiger partial charge on any atom is -0.366 e. The van der Waals surface area contributed by atoms with Gasteiger partial charge in [0.05, 0.1) is 34.3 Å². The highest BCUT2D eigenvalue weighted by Crippen LogP contribution is 2.34. The summed E-state index contributed by atoms with van der Waals surface area (Å²) >= 11 is 6.41. The maximum absolute atomic E-state index is 13.6. The Bertz CT molecular complexity index is 1690. The molecule has 1 aromatic heterocycles. The molecule has 212 valence electrons. The van der Waals surface area contributed by atoms with Gasteiger partial charge >= 0.3 is 6.18 Å². The summed E-state index contributed by atoms with van der Waals surface area (Å²) in [5.41, 5.74) is 5.67. The van der Waals surface area contributed by atoms with E-state index in [4.69, 9.17) is 17.3 Å². The van der Waals surface area contributed by atoms with E-state index in [9.17, 15) is 27.6 Å². The summed E-state index contributed by atoms with van der Waals surface area (Å²) in [6.07, 6.45) is -3.03. The number of carbonyl (C=O) groups excluding carboxylic acids is 3. The highest BCUT2D eigenvalue weighted by atomic mass is 35.5. The van der Waals surface area contributed by atoms with Gasteiger partial charge in [0, 0.05) is 23.8 Å². The van der Waals surface area contributed by atoms with Crippen LogP contribution in [0.25, 0.3) is 16.7 Å². The van der Waals surface area contributed by atoms with Gasteiger partial charge < -0.3 is 16.0 Å². The lowest BCUT2D eigenvalue weighted by Crippen LogP contribution is -2.30. The van der Waals surface area contributed by atoms with Gasteiger partial charge in [0.1, 0.15) is 11.3 Å². The predicted molar refractivity (Wildman–Crippen MR) is 148 cm³/mol. The molecule has 0 saturated carbocycles. The van der Waals surface area contributed by atoms with Crippen molar-refractivity contribution < 1.29 is 27.6 Å². The van der Waals surface area contributed by atoms with Gasteiger partial charge in [-0.25, -0.2) is 4.98 Å². The van der Waals surface area contributed by atoms with Crippen LogP contribution in [0.3, 0.4) is 0 Å². The number of likely N-dealkylation sites (tertiary alicyclic amines) is 1. The van der Waals surface area contributed by atoms with E-state index in [2.05, 4.69) is 10.3 Å². The number of halogens is 4. The Labute approximate surface area is 237 Å². The standard InChI is InChI=1S/C29H25ClF3N5O3/c1-16-21(30)9-6-10-22(16)38-23-14-17(35-28(41)18-7-2-3-8-20(18)29(31,32)33)13-19(27(34)40)26(23)36-24(38)15-25(39)37-11-4-5-12-37/h2-3,6-10,13-14H,4-5,11-12,15H2,1H3,(H2,34,40)(H,35,41). The summed E-state index contributed by atoms with van der Waals surface area (Å²) in [5.74, 6) is -1.72. The van der Waals surface area contributed by atoms with E-state index < -0.39 is 29.1 Å². The maximum Gasteiger partial charge on any atom is 0.417 e. The number of aromatic nitrogens is 2. The Kier molecular flexibility index (Phi) is 7.48. The van der Waals surface area contributed by atoms with Gasteiger partial charge in [0.15, 0.2) is 0 Å². The fraction of sp³-hybridized carbons (Fsp3) is 0.241. The van der Waals surface area contributed by atoms with Crippen LogP contribution in [-0.2, 0) is 17.4 Å². The molecule has 12 heteroatoms. The smallest absolute Gasteiger partial charge is 0.366 e. The van der Waals surface area contributed by atoms with Crippen molar-refractivity contribution in [1.29, 1.82) is 0 Å². The number of benzene rings is 3. The number of hydrogen-bond acceptors (Lipinski definition) is 4. The van der Waals surface area contributed by atoms with Crippen LogP contribution in [0.4, 0.5) is 18.9 Å². The van der Waals surface area contributed by atoms with Crippen LogP contribution in [0.5, 0.6) is 0 Å². The minimum atomic E-state index is -4.75. The molecule has 1 fully saturated rings. The van der Waals surface area contributed by atoms with Crippen molar-refractivity contribution >= 4 is 46.0 Å². The number of imidazole rings is 1. The number of nitrogens with one attached hydrogen (secondary N) is 1. The van der Waals surface area contributed by atoms with Crippen molar-refractivity contribution in [3.63, 3.8) is 0 Å². The van der Waals surface area contributed by atoms with Crippen molar-refractivity contribution in [2.45, 2.75) is 32.4 Å². The van der Waals surface area contributed by atoms with Gasteiger partial charge in [-0.15, -0.1) is 0 Å². The molecule has 41 heavy (non-hydrogen) atoms. The molecule has 0 unspecified atom stereocenters. The second-order valence-electron chi connectivity index (χ2n) is 9.77. The lowest BCUT2D eigenvalue weighted by Gasteiger charge is -2.17. The number of fused-ring (bicyclic) bond motifs is 1.